The molecule has 0 aliphatic heterocycles. The monoisotopic (exact) mass is 212 g/mol. The van der Waals surface area contributed by atoms with Crippen molar-refractivity contribution < 1.29 is 17.8 Å². The zero-order valence-corrected chi connectivity index (χ0v) is 10.8. The fraction of sp³-hybridized carbons (Fsp3) is 1.00. The van der Waals surface area contributed by atoms with E-state index in [9.17, 15) is 9.59 Å². The SMILES string of the molecule is C[Si](C)(O)O[SiH2]O[Si](C)(C)O. The summed E-state index contributed by atoms with van der Waals surface area (Å²) in [7, 11) is -5.99. The van der Waals surface area contributed by atoms with Crippen molar-refractivity contribution in [2.75, 3.05) is 0 Å². The highest BCUT2D eigenvalue weighted by Crippen LogP contribution is 2.00. The van der Waals surface area contributed by atoms with Gasteiger partial charge in [-0.25, -0.2) is 0 Å². The van der Waals surface area contributed by atoms with E-state index < -0.39 is 27.1 Å². The van der Waals surface area contributed by atoms with Crippen molar-refractivity contribution in [2.24, 2.45) is 0 Å². The molecule has 0 rings (SSSR count). The molecule has 4 nitrogen and oxygen atoms in total. The maximum absolute atomic E-state index is 9.22. The Labute approximate surface area is 71.7 Å². The van der Waals surface area contributed by atoms with E-state index in [1.54, 1.807) is 26.2 Å². The molecule has 0 bridgehead atoms. The third-order valence-corrected chi connectivity index (χ3v) is 7.42. The van der Waals surface area contributed by atoms with Crippen LogP contribution < -0.4 is 0 Å². The molecular weight excluding hydrogens is 196 g/mol. The Morgan fingerprint density at radius 2 is 1.18 bits per heavy atom. The van der Waals surface area contributed by atoms with Crippen molar-refractivity contribution in [3.05, 3.63) is 0 Å². The van der Waals surface area contributed by atoms with Crippen LogP contribution in [0.5, 0.6) is 0 Å². The summed E-state index contributed by atoms with van der Waals surface area (Å²) in [5.41, 5.74) is 0. The molecule has 0 spiro atoms. The molecule has 0 aromatic carbocycles. The van der Waals surface area contributed by atoms with Crippen molar-refractivity contribution >= 4 is 27.1 Å². The zero-order chi connectivity index (χ0) is 9.12. The highest BCUT2D eigenvalue weighted by Gasteiger charge is 2.22. The summed E-state index contributed by atoms with van der Waals surface area (Å²) in [4.78, 5) is 18.4. The van der Waals surface area contributed by atoms with Crippen LogP contribution in [0.25, 0.3) is 0 Å². The molecule has 0 heterocycles. The molecule has 0 aromatic heterocycles. The van der Waals surface area contributed by atoms with Gasteiger partial charge in [0.05, 0.1) is 0 Å². The molecule has 11 heavy (non-hydrogen) atoms. The quantitative estimate of drug-likeness (QED) is 0.612. The van der Waals surface area contributed by atoms with Gasteiger partial charge in [-0.05, 0) is 26.2 Å². The second-order valence-corrected chi connectivity index (χ2v) is 11.6. The molecular formula is C4H16O4Si3. The fourth-order valence-corrected chi connectivity index (χ4v) is 3.39. The third kappa shape index (κ3) is 10.5. The highest BCUT2D eigenvalue weighted by molar-refractivity contribution is 6.71. The molecule has 0 saturated heterocycles. The normalized spacial score (nSPS) is 13.6. The van der Waals surface area contributed by atoms with Crippen molar-refractivity contribution in [1.29, 1.82) is 0 Å². The summed E-state index contributed by atoms with van der Waals surface area (Å²) in [6, 6.07) is 0. The molecule has 0 saturated carbocycles. The smallest absolute Gasteiger partial charge is 0.319 e. The summed E-state index contributed by atoms with van der Waals surface area (Å²) >= 11 is 0. The second kappa shape index (κ2) is 3.94. The zero-order valence-electron chi connectivity index (χ0n) is 7.42. The van der Waals surface area contributed by atoms with Gasteiger partial charge in [-0.15, -0.1) is 0 Å². The molecule has 0 atom stereocenters. The number of hydrogen-bond acceptors (Lipinski definition) is 4. The van der Waals surface area contributed by atoms with E-state index in [2.05, 4.69) is 0 Å². The third-order valence-electron chi connectivity index (χ3n) is 0.824. The van der Waals surface area contributed by atoms with Gasteiger partial charge in [0.1, 0.15) is 0 Å². The van der Waals surface area contributed by atoms with Crippen LogP contribution in [0.2, 0.25) is 26.2 Å². The summed E-state index contributed by atoms with van der Waals surface area (Å²) in [6.07, 6.45) is 0. The molecule has 0 aliphatic rings. The number of rotatable bonds is 4. The summed E-state index contributed by atoms with van der Waals surface area (Å²) in [5, 5.41) is 0. The van der Waals surface area contributed by atoms with Crippen LogP contribution in [0.15, 0.2) is 0 Å². The second-order valence-electron chi connectivity index (χ2n) is 3.30. The lowest BCUT2D eigenvalue weighted by Gasteiger charge is -2.19. The predicted molar refractivity (Wildman–Crippen MR) is 50.1 cm³/mol. The lowest BCUT2D eigenvalue weighted by Crippen LogP contribution is -2.38. The average Bonchev–Trinajstić information content (AvgIpc) is 1.55. The minimum atomic E-state index is -2.41. The van der Waals surface area contributed by atoms with Gasteiger partial charge in [-0.2, -0.15) is 0 Å². The van der Waals surface area contributed by atoms with E-state index >= 15 is 0 Å². The van der Waals surface area contributed by atoms with E-state index in [1.807, 2.05) is 0 Å². The molecule has 2 N–H and O–H groups in total. The molecule has 0 fully saturated rings. The van der Waals surface area contributed by atoms with Crippen LogP contribution in [-0.2, 0) is 8.23 Å². The van der Waals surface area contributed by atoms with Gasteiger partial charge in [-0.1, -0.05) is 0 Å². The van der Waals surface area contributed by atoms with Crippen LogP contribution in [0, 0.1) is 0 Å². The molecule has 0 aliphatic carbocycles. The van der Waals surface area contributed by atoms with E-state index in [0.29, 0.717) is 0 Å². The van der Waals surface area contributed by atoms with Crippen LogP contribution in [0.4, 0.5) is 0 Å². The van der Waals surface area contributed by atoms with Crippen molar-refractivity contribution in [1.82, 2.24) is 0 Å². The number of hydrogen-bond donors (Lipinski definition) is 2. The molecule has 7 heteroatoms. The maximum atomic E-state index is 9.22. The van der Waals surface area contributed by atoms with Gasteiger partial charge >= 0.3 is 17.1 Å². The van der Waals surface area contributed by atoms with E-state index in [-0.39, 0.29) is 0 Å². The van der Waals surface area contributed by atoms with Gasteiger partial charge in [-0.3, -0.25) is 0 Å². The molecule has 68 valence electrons. The minimum Gasteiger partial charge on any atom is -0.420 e. The van der Waals surface area contributed by atoms with Crippen molar-refractivity contribution in [3.63, 3.8) is 0 Å². The fourth-order valence-electron chi connectivity index (χ4n) is 0.318. The van der Waals surface area contributed by atoms with Gasteiger partial charge in [0, 0.05) is 0 Å². The van der Waals surface area contributed by atoms with Gasteiger partial charge in [0.2, 0.25) is 0 Å². The Kier molecular flexibility index (Phi) is 4.11. The Morgan fingerprint density at radius 1 is 0.909 bits per heavy atom. The van der Waals surface area contributed by atoms with E-state index in [4.69, 9.17) is 8.23 Å². The van der Waals surface area contributed by atoms with Gasteiger partial charge in [0.15, 0.2) is 0 Å². The molecule has 0 aromatic rings. The first-order valence-corrected chi connectivity index (χ1v) is 10.3. The first kappa shape index (κ1) is 11.5. The molecule has 0 amide bonds. The van der Waals surface area contributed by atoms with E-state index in [1.165, 1.54) is 0 Å². The van der Waals surface area contributed by atoms with Crippen LogP contribution >= 0.6 is 0 Å². The predicted octanol–water partition coefficient (Wildman–Crippen LogP) is -0.593. The lowest BCUT2D eigenvalue weighted by atomic mass is 11.9. The summed E-state index contributed by atoms with van der Waals surface area (Å²) in [6.45, 7) is 6.70. The van der Waals surface area contributed by atoms with Crippen molar-refractivity contribution in [3.8, 4) is 0 Å². The van der Waals surface area contributed by atoms with Crippen LogP contribution in [-0.4, -0.2) is 36.7 Å². The topological polar surface area (TPSA) is 58.9 Å². The molecule has 0 radical (unpaired) electrons. The maximum Gasteiger partial charge on any atom is 0.319 e. The highest BCUT2D eigenvalue weighted by atomic mass is 28.4. The Morgan fingerprint density at radius 3 is 1.36 bits per heavy atom. The Balaban J connectivity index is 3.44. The Hall–Kier alpha value is 0.491. The molecule has 0 unspecified atom stereocenters. The summed E-state index contributed by atoms with van der Waals surface area (Å²) in [5.74, 6) is 0. The first-order valence-electron chi connectivity index (χ1n) is 3.43. The van der Waals surface area contributed by atoms with Crippen molar-refractivity contribution in [2.45, 2.75) is 26.2 Å². The summed E-state index contributed by atoms with van der Waals surface area (Å²) < 4.78 is 10.2. The first-order chi connectivity index (χ1) is 4.71. The van der Waals surface area contributed by atoms with Gasteiger partial charge in [0.25, 0.3) is 10.0 Å². The van der Waals surface area contributed by atoms with E-state index in [0.717, 1.165) is 0 Å². The van der Waals surface area contributed by atoms with Gasteiger partial charge < -0.3 is 17.8 Å². The Bertz CT molecular complexity index is 101. The average molecular weight is 212 g/mol. The lowest BCUT2D eigenvalue weighted by molar-refractivity contribution is 0.330. The minimum absolute atomic E-state index is 1.17. The van der Waals surface area contributed by atoms with Crippen LogP contribution in [0.3, 0.4) is 0 Å². The standard InChI is InChI=1S/C4H16O4Si3/c1-10(2,5)7-9-8-11(3,4)6/h5-6H,9H2,1-4H3. The largest absolute Gasteiger partial charge is 0.420 e. The van der Waals surface area contributed by atoms with Crippen LogP contribution in [0.1, 0.15) is 0 Å².